The fourth-order valence-corrected chi connectivity index (χ4v) is 5.19. The summed E-state index contributed by atoms with van der Waals surface area (Å²) in [4.78, 5) is 57.1. The number of aromatic nitrogens is 2. The number of rotatable bonds is 12. The number of primary amides is 1. The van der Waals surface area contributed by atoms with Crippen LogP contribution in [0.1, 0.15) is 36.9 Å². The molecule has 0 fully saturated rings. The van der Waals surface area contributed by atoms with Crippen LogP contribution in [0.15, 0.2) is 91.3 Å². The molecule has 5 rings (SSSR count). The Kier molecular flexibility index (Phi) is 8.94. The lowest BCUT2D eigenvalue weighted by atomic mass is 9.94. The fourth-order valence-electron chi connectivity index (χ4n) is 5.19. The number of benzene rings is 3. The van der Waals surface area contributed by atoms with E-state index in [4.69, 9.17) is 10.5 Å². The van der Waals surface area contributed by atoms with E-state index < -0.39 is 23.6 Å². The van der Waals surface area contributed by atoms with Crippen LogP contribution in [0.4, 0.5) is 10.5 Å². The quantitative estimate of drug-likeness (QED) is 0.125. The van der Waals surface area contributed by atoms with Crippen molar-refractivity contribution in [3.05, 3.63) is 102 Å². The van der Waals surface area contributed by atoms with E-state index in [-0.39, 0.29) is 37.6 Å². The average molecular weight is 595 g/mol. The Morgan fingerprint density at radius 3 is 2.43 bits per heavy atom. The number of carbonyl (C=O) groups excluding carboxylic acids is 4. The normalized spacial score (nSPS) is 13.1. The summed E-state index contributed by atoms with van der Waals surface area (Å²) in [7, 11) is 0. The number of hydrogen-bond donors (Lipinski definition) is 6. The lowest BCUT2D eigenvalue weighted by Gasteiger charge is -2.29. The van der Waals surface area contributed by atoms with Crippen LogP contribution in [0.3, 0.4) is 0 Å². The van der Waals surface area contributed by atoms with Gasteiger partial charge in [-0.3, -0.25) is 14.4 Å². The van der Waals surface area contributed by atoms with Gasteiger partial charge >= 0.3 is 6.09 Å². The Balaban J connectivity index is 1.22. The molecule has 0 saturated heterocycles. The van der Waals surface area contributed by atoms with Crippen LogP contribution in [0.2, 0.25) is 0 Å². The molecule has 11 heteroatoms. The van der Waals surface area contributed by atoms with Gasteiger partial charge in [0.25, 0.3) is 5.91 Å². The second-order valence-corrected chi connectivity index (χ2v) is 10.8. The lowest BCUT2D eigenvalue weighted by Crippen LogP contribution is -2.52. The van der Waals surface area contributed by atoms with E-state index in [1.807, 2.05) is 79.0 Å². The second-order valence-electron chi connectivity index (χ2n) is 10.8. The highest BCUT2D eigenvalue weighted by Gasteiger charge is 2.38. The molecule has 11 nitrogen and oxygen atoms in total. The van der Waals surface area contributed by atoms with E-state index in [9.17, 15) is 19.2 Å². The van der Waals surface area contributed by atoms with Crippen molar-refractivity contribution in [2.45, 2.75) is 37.8 Å². The minimum Gasteiger partial charge on any atom is -0.433 e. The molecule has 0 aliphatic heterocycles. The highest BCUT2D eigenvalue weighted by molar-refractivity contribution is 5.95. The number of amides is 4. The van der Waals surface area contributed by atoms with Crippen molar-refractivity contribution < 1.29 is 23.9 Å². The van der Waals surface area contributed by atoms with Gasteiger partial charge < -0.3 is 36.4 Å². The van der Waals surface area contributed by atoms with Crippen LogP contribution in [0.5, 0.6) is 0 Å². The zero-order chi connectivity index (χ0) is 31.1. The lowest BCUT2D eigenvalue weighted by molar-refractivity contribution is -0.138. The van der Waals surface area contributed by atoms with Crippen LogP contribution in [0, 0.1) is 0 Å². The molecule has 0 saturated carbocycles. The monoisotopic (exact) mass is 594 g/mol. The topological polar surface area (TPSA) is 171 Å². The fraction of sp³-hybridized carbons (Fsp3) is 0.212. The average Bonchev–Trinajstić information content (AvgIpc) is 3.65. The zero-order valence-corrected chi connectivity index (χ0v) is 24.2. The second kappa shape index (κ2) is 13.2. The number of nitrogens with two attached hydrogens (primary N) is 1. The minimum atomic E-state index is -1.62. The summed E-state index contributed by atoms with van der Waals surface area (Å²) < 4.78 is 5.35. The molecule has 2 aromatic heterocycles. The van der Waals surface area contributed by atoms with E-state index in [0.717, 1.165) is 32.9 Å². The SMILES string of the molecule is CC(Cc1c[nH]c2ccccc12)(OC(N)=O)C(=O)NCC(NC(=O)CCC(=O)Nc1ccc2[nH]ccc2c1)c1ccccc1. The number of para-hydroxylation sites is 1. The van der Waals surface area contributed by atoms with E-state index in [0.29, 0.717) is 5.69 Å². The van der Waals surface area contributed by atoms with E-state index in [1.54, 1.807) is 12.3 Å². The maximum Gasteiger partial charge on any atom is 0.405 e. The standard InChI is InChI=1S/C33H34N6O5/c1-33(44-32(34)43,18-23-19-36-27-10-6-5-9-25(23)27)31(42)37-20-28(21-7-3-2-4-8-21)39-30(41)14-13-29(40)38-24-11-12-26-22(17-24)15-16-35-26/h2-12,15-17,19,28,35-36H,13-14,18,20H2,1H3,(H2,34,43)(H,37,42)(H,38,40)(H,39,41). The number of carbonyl (C=O) groups is 4. The Morgan fingerprint density at radius 1 is 0.886 bits per heavy atom. The molecule has 0 spiro atoms. The third kappa shape index (κ3) is 7.24. The third-order valence-electron chi connectivity index (χ3n) is 7.43. The predicted molar refractivity (Wildman–Crippen MR) is 168 cm³/mol. The van der Waals surface area contributed by atoms with Crippen molar-refractivity contribution in [1.82, 2.24) is 20.6 Å². The third-order valence-corrected chi connectivity index (χ3v) is 7.43. The van der Waals surface area contributed by atoms with Crippen molar-refractivity contribution in [1.29, 1.82) is 0 Å². The Hall–Kier alpha value is -5.58. The van der Waals surface area contributed by atoms with Gasteiger partial charge in [-0.25, -0.2) is 4.79 Å². The van der Waals surface area contributed by atoms with Crippen molar-refractivity contribution >= 4 is 51.3 Å². The smallest absolute Gasteiger partial charge is 0.405 e. The van der Waals surface area contributed by atoms with Crippen molar-refractivity contribution in [3.8, 4) is 0 Å². The van der Waals surface area contributed by atoms with Gasteiger partial charge in [0, 0.05) is 65.7 Å². The van der Waals surface area contributed by atoms with E-state index in [1.165, 1.54) is 6.92 Å². The Morgan fingerprint density at radius 2 is 1.64 bits per heavy atom. The van der Waals surface area contributed by atoms with Crippen LogP contribution in [0.25, 0.3) is 21.8 Å². The van der Waals surface area contributed by atoms with Gasteiger partial charge in [-0.05, 0) is 48.4 Å². The van der Waals surface area contributed by atoms with Crippen LogP contribution < -0.4 is 21.7 Å². The number of H-pyrrole nitrogens is 2. The zero-order valence-electron chi connectivity index (χ0n) is 24.2. The van der Waals surface area contributed by atoms with Gasteiger partial charge in [0.05, 0.1) is 6.04 Å². The summed E-state index contributed by atoms with van der Waals surface area (Å²) in [6.07, 6.45) is 2.49. The molecule has 2 atom stereocenters. The highest BCUT2D eigenvalue weighted by Crippen LogP contribution is 2.25. The molecule has 0 aliphatic carbocycles. The number of hydrogen-bond acceptors (Lipinski definition) is 5. The first-order valence-electron chi connectivity index (χ1n) is 14.2. The molecule has 5 aromatic rings. The summed E-state index contributed by atoms with van der Waals surface area (Å²) >= 11 is 0. The summed E-state index contributed by atoms with van der Waals surface area (Å²) in [6.45, 7) is 1.50. The Bertz CT molecular complexity index is 1800. The molecular weight excluding hydrogens is 560 g/mol. The molecule has 0 bridgehead atoms. The van der Waals surface area contributed by atoms with Crippen molar-refractivity contribution in [2.24, 2.45) is 5.73 Å². The Labute approximate surface area is 253 Å². The molecule has 7 N–H and O–H groups in total. The number of ether oxygens (including phenoxy) is 1. The molecule has 226 valence electrons. The summed E-state index contributed by atoms with van der Waals surface area (Å²) in [5, 5.41) is 10.4. The molecule has 2 unspecified atom stereocenters. The van der Waals surface area contributed by atoms with E-state index >= 15 is 0 Å². The maximum absolute atomic E-state index is 13.5. The number of nitrogens with one attached hydrogen (secondary N) is 5. The first-order chi connectivity index (χ1) is 21.2. The van der Waals surface area contributed by atoms with Crippen LogP contribution in [-0.4, -0.2) is 45.9 Å². The van der Waals surface area contributed by atoms with E-state index in [2.05, 4.69) is 25.9 Å². The first-order valence-corrected chi connectivity index (χ1v) is 14.2. The molecule has 44 heavy (non-hydrogen) atoms. The molecule has 4 amide bonds. The summed E-state index contributed by atoms with van der Waals surface area (Å²) in [6, 6.07) is 23.5. The van der Waals surface area contributed by atoms with Crippen LogP contribution in [-0.2, 0) is 25.5 Å². The predicted octanol–water partition coefficient (Wildman–Crippen LogP) is 4.44. The molecular formula is C33H34N6O5. The number of anilines is 1. The van der Waals surface area contributed by atoms with Crippen LogP contribution >= 0.6 is 0 Å². The molecule has 0 radical (unpaired) electrons. The van der Waals surface area contributed by atoms with Gasteiger partial charge in [-0.1, -0.05) is 48.5 Å². The van der Waals surface area contributed by atoms with Crippen molar-refractivity contribution in [2.75, 3.05) is 11.9 Å². The summed E-state index contributed by atoms with van der Waals surface area (Å²) in [5.74, 6) is -1.23. The molecule has 2 heterocycles. The van der Waals surface area contributed by atoms with Gasteiger partial charge in [0.15, 0.2) is 5.60 Å². The van der Waals surface area contributed by atoms with Gasteiger partial charge in [0.2, 0.25) is 11.8 Å². The number of fused-ring (bicyclic) bond motifs is 2. The minimum absolute atomic E-state index is 0.00303. The van der Waals surface area contributed by atoms with Crippen molar-refractivity contribution in [3.63, 3.8) is 0 Å². The van der Waals surface area contributed by atoms with Gasteiger partial charge in [-0.15, -0.1) is 0 Å². The first kappa shape index (κ1) is 29.9. The largest absolute Gasteiger partial charge is 0.433 e. The summed E-state index contributed by atoms with van der Waals surface area (Å²) in [5.41, 5.74) is 7.74. The highest BCUT2D eigenvalue weighted by atomic mass is 16.6. The maximum atomic E-state index is 13.5. The number of aromatic amines is 2. The van der Waals surface area contributed by atoms with Gasteiger partial charge in [0.1, 0.15) is 0 Å². The molecule has 0 aliphatic rings. The molecule has 3 aromatic carbocycles. The van der Waals surface area contributed by atoms with Gasteiger partial charge in [-0.2, -0.15) is 0 Å².